The molecule has 0 aliphatic heterocycles. The maximum atomic E-state index is 12.1. The van der Waals surface area contributed by atoms with E-state index in [9.17, 15) is 8.42 Å². The van der Waals surface area contributed by atoms with Crippen molar-refractivity contribution in [2.24, 2.45) is 0 Å². The van der Waals surface area contributed by atoms with Crippen LogP contribution in [0, 0.1) is 0 Å². The van der Waals surface area contributed by atoms with Gasteiger partial charge in [-0.05, 0) is 55.5 Å². The molecule has 21 heavy (non-hydrogen) atoms. The predicted molar refractivity (Wildman–Crippen MR) is 78.4 cm³/mol. The van der Waals surface area contributed by atoms with Crippen LogP contribution in [0.4, 0.5) is 0 Å². The molecule has 0 radical (unpaired) electrons. The maximum Gasteiger partial charge on any atom is 0.339 e. The Hall–Kier alpha value is -2.21. The monoisotopic (exact) mass is 308 g/mol. The Labute approximate surface area is 124 Å². The second-order valence-electron chi connectivity index (χ2n) is 4.12. The molecule has 0 amide bonds. The van der Waals surface area contributed by atoms with Gasteiger partial charge in [0.15, 0.2) is 0 Å². The summed E-state index contributed by atoms with van der Waals surface area (Å²) in [5, 5.41) is 0. The molecule has 0 N–H and O–H groups in total. The molecule has 2 aromatic carbocycles. The quantitative estimate of drug-likeness (QED) is 0.768. The van der Waals surface area contributed by atoms with Crippen LogP contribution in [0.15, 0.2) is 53.4 Å². The highest BCUT2D eigenvalue weighted by Gasteiger charge is 2.16. The fourth-order valence-electron chi connectivity index (χ4n) is 1.68. The molecule has 0 bridgehead atoms. The Balaban J connectivity index is 2.16. The third-order valence-corrected chi connectivity index (χ3v) is 3.95. The van der Waals surface area contributed by atoms with Crippen LogP contribution in [-0.4, -0.2) is 22.1 Å². The number of hydrogen-bond donors (Lipinski definition) is 0. The maximum absolute atomic E-state index is 12.1. The number of benzene rings is 2. The third-order valence-electron chi connectivity index (χ3n) is 2.69. The third kappa shape index (κ3) is 3.88. The van der Waals surface area contributed by atoms with Gasteiger partial charge in [-0.15, -0.1) is 0 Å². The molecular weight excluding hydrogens is 292 g/mol. The van der Waals surface area contributed by atoms with Crippen molar-refractivity contribution in [3.63, 3.8) is 0 Å². The lowest BCUT2D eigenvalue weighted by Crippen LogP contribution is -2.09. The Morgan fingerprint density at radius 3 is 1.90 bits per heavy atom. The van der Waals surface area contributed by atoms with Crippen molar-refractivity contribution in [3.8, 4) is 17.2 Å². The Morgan fingerprint density at radius 1 is 0.857 bits per heavy atom. The van der Waals surface area contributed by atoms with E-state index >= 15 is 0 Å². The number of hydrogen-bond acceptors (Lipinski definition) is 5. The molecule has 5 nitrogen and oxygen atoms in total. The van der Waals surface area contributed by atoms with E-state index in [1.54, 1.807) is 24.3 Å². The van der Waals surface area contributed by atoms with Gasteiger partial charge in [-0.25, -0.2) is 0 Å². The van der Waals surface area contributed by atoms with Gasteiger partial charge in [-0.3, -0.25) is 0 Å². The number of ether oxygens (including phenoxy) is 2. The van der Waals surface area contributed by atoms with Gasteiger partial charge in [-0.2, -0.15) is 8.42 Å². The summed E-state index contributed by atoms with van der Waals surface area (Å²) in [6.07, 6.45) is 0. The molecule has 0 atom stereocenters. The van der Waals surface area contributed by atoms with Crippen LogP contribution < -0.4 is 13.7 Å². The van der Waals surface area contributed by atoms with Gasteiger partial charge in [-0.1, -0.05) is 0 Å². The highest BCUT2D eigenvalue weighted by molar-refractivity contribution is 7.87. The van der Waals surface area contributed by atoms with E-state index in [1.165, 1.54) is 31.4 Å². The summed E-state index contributed by atoms with van der Waals surface area (Å²) >= 11 is 0. The van der Waals surface area contributed by atoms with Crippen LogP contribution in [0.1, 0.15) is 6.92 Å². The smallest absolute Gasteiger partial charge is 0.339 e. The minimum Gasteiger partial charge on any atom is -0.497 e. The van der Waals surface area contributed by atoms with Crippen LogP contribution in [0.3, 0.4) is 0 Å². The molecule has 0 fully saturated rings. The first-order valence-corrected chi connectivity index (χ1v) is 7.77. The van der Waals surface area contributed by atoms with Crippen LogP contribution in [-0.2, 0) is 10.1 Å². The summed E-state index contributed by atoms with van der Waals surface area (Å²) in [5.74, 6) is 1.46. The molecule has 0 aliphatic rings. The molecule has 0 aliphatic carbocycles. The summed E-state index contributed by atoms with van der Waals surface area (Å²) in [7, 11) is -2.33. The zero-order valence-electron chi connectivity index (χ0n) is 11.8. The van der Waals surface area contributed by atoms with Crippen molar-refractivity contribution in [2.75, 3.05) is 13.7 Å². The highest BCUT2D eigenvalue weighted by Crippen LogP contribution is 2.23. The fraction of sp³-hybridized carbons (Fsp3) is 0.200. The molecule has 0 heterocycles. The first-order valence-electron chi connectivity index (χ1n) is 6.36. The molecule has 2 rings (SSSR count). The highest BCUT2D eigenvalue weighted by atomic mass is 32.2. The van der Waals surface area contributed by atoms with E-state index in [0.717, 1.165) is 0 Å². The number of methoxy groups -OCH3 is 1. The van der Waals surface area contributed by atoms with Crippen molar-refractivity contribution in [3.05, 3.63) is 48.5 Å². The second kappa shape index (κ2) is 6.49. The van der Waals surface area contributed by atoms with Crippen molar-refractivity contribution in [1.29, 1.82) is 0 Å². The first-order chi connectivity index (χ1) is 10.0. The van der Waals surface area contributed by atoms with Gasteiger partial charge in [0.05, 0.1) is 13.7 Å². The molecule has 0 unspecified atom stereocenters. The van der Waals surface area contributed by atoms with Gasteiger partial charge in [0.25, 0.3) is 0 Å². The molecule has 0 saturated carbocycles. The lowest BCUT2D eigenvalue weighted by molar-refractivity contribution is 0.340. The lowest BCUT2D eigenvalue weighted by Gasteiger charge is -2.08. The van der Waals surface area contributed by atoms with E-state index in [1.807, 2.05) is 6.92 Å². The Kier molecular flexibility index (Phi) is 4.70. The average molecular weight is 308 g/mol. The van der Waals surface area contributed by atoms with Crippen LogP contribution in [0.25, 0.3) is 0 Å². The zero-order chi connectivity index (χ0) is 15.3. The Bertz CT molecular complexity index is 675. The van der Waals surface area contributed by atoms with Gasteiger partial charge in [0.1, 0.15) is 22.1 Å². The predicted octanol–water partition coefficient (Wildman–Crippen LogP) is 2.86. The van der Waals surface area contributed by atoms with Gasteiger partial charge >= 0.3 is 10.1 Å². The van der Waals surface area contributed by atoms with Gasteiger partial charge in [0, 0.05) is 0 Å². The summed E-state index contributed by atoms with van der Waals surface area (Å²) in [4.78, 5) is 0.0711. The SMILES string of the molecule is CCOc1ccc(S(=O)(=O)Oc2ccc(OC)cc2)cc1. The Morgan fingerprint density at radius 2 is 1.38 bits per heavy atom. The normalized spacial score (nSPS) is 11.0. The van der Waals surface area contributed by atoms with Crippen molar-refractivity contribution >= 4 is 10.1 Å². The van der Waals surface area contributed by atoms with Crippen LogP contribution in [0.2, 0.25) is 0 Å². The summed E-state index contributed by atoms with van der Waals surface area (Å²) < 4.78 is 39.6. The van der Waals surface area contributed by atoms with E-state index in [0.29, 0.717) is 18.1 Å². The molecule has 6 heteroatoms. The first kappa shape index (κ1) is 15.2. The lowest BCUT2D eigenvalue weighted by atomic mass is 10.3. The standard InChI is InChI=1S/C15H16O5S/c1-3-19-13-8-10-15(11-9-13)21(16,17)20-14-6-4-12(18-2)5-7-14/h4-11H,3H2,1-2H3. The summed E-state index contributed by atoms with van der Waals surface area (Å²) in [5.41, 5.74) is 0. The molecule has 2 aromatic rings. The van der Waals surface area contributed by atoms with Crippen LogP contribution >= 0.6 is 0 Å². The largest absolute Gasteiger partial charge is 0.497 e. The van der Waals surface area contributed by atoms with E-state index < -0.39 is 10.1 Å². The van der Waals surface area contributed by atoms with E-state index in [-0.39, 0.29) is 10.6 Å². The molecule has 0 spiro atoms. The van der Waals surface area contributed by atoms with Crippen molar-refractivity contribution < 1.29 is 22.1 Å². The fourth-order valence-corrected chi connectivity index (χ4v) is 2.61. The van der Waals surface area contributed by atoms with Crippen LogP contribution in [0.5, 0.6) is 17.2 Å². The molecular formula is C15H16O5S. The van der Waals surface area contributed by atoms with Crippen molar-refractivity contribution in [1.82, 2.24) is 0 Å². The molecule has 112 valence electrons. The van der Waals surface area contributed by atoms with E-state index in [4.69, 9.17) is 13.7 Å². The zero-order valence-corrected chi connectivity index (χ0v) is 12.6. The minimum atomic E-state index is -3.86. The molecule has 0 saturated heterocycles. The van der Waals surface area contributed by atoms with Gasteiger partial charge in [0.2, 0.25) is 0 Å². The summed E-state index contributed by atoms with van der Waals surface area (Å²) in [6, 6.07) is 12.4. The van der Waals surface area contributed by atoms with E-state index in [2.05, 4.69) is 0 Å². The minimum absolute atomic E-state index is 0.0711. The second-order valence-corrected chi connectivity index (χ2v) is 5.66. The van der Waals surface area contributed by atoms with Gasteiger partial charge < -0.3 is 13.7 Å². The molecule has 0 aromatic heterocycles. The number of rotatable bonds is 6. The summed E-state index contributed by atoms with van der Waals surface area (Å²) in [6.45, 7) is 2.38. The topological polar surface area (TPSA) is 61.8 Å². The van der Waals surface area contributed by atoms with Crippen molar-refractivity contribution in [2.45, 2.75) is 11.8 Å². The average Bonchev–Trinajstić information content (AvgIpc) is 2.48.